The number of aromatic nitrogens is 1. The molecule has 0 bridgehead atoms. The third-order valence-corrected chi connectivity index (χ3v) is 2.49. The molecule has 7 heteroatoms. The molecule has 98 valence electrons. The van der Waals surface area contributed by atoms with E-state index < -0.39 is 11.9 Å². The molecule has 0 aliphatic heterocycles. The number of carbonyl (C=O) groups excluding carboxylic acids is 1. The SMILES string of the molecule is O=C(Cc1occc1C(=O)O)Nc1cccc(Cl)n1. The molecule has 19 heavy (non-hydrogen) atoms. The molecule has 2 N–H and O–H groups in total. The lowest BCUT2D eigenvalue weighted by molar-refractivity contribution is -0.115. The average Bonchev–Trinajstić information content (AvgIpc) is 2.76. The number of halogens is 1. The van der Waals surface area contributed by atoms with Crippen molar-refractivity contribution in [3.8, 4) is 0 Å². The van der Waals surface area contributed by atoms with Gasteiger partial charge in [0.1, 0.15) is 22.3 Å². The first-order chi connectivity index (χ1) is 9.06. The standard InChI is InChI=1S/C12H9ClN2O4/c13-9-2-1-3-10(14-9)15-11(16)6-8-7(12(17)18)4-5-19-8/h1-5H,6H2,(H,17,18)(H,14,15,16). The lowest BCUT2D eigenvalue weighted by Gasteiger charge is -2.03. The fourth-order valence-electron chi connectivity index (χ4n) is 1.48. The van der Waals surface area contributed by atoms with Gasteiger partial charge in [0.25, 0.3) is 0 Å². The molecule has 0 aromatic carbocycles. The van der Waals surface area contributed by atoms with Crippen molar-refractivity contribution in [3.63, 3.8) is 0 Å². The first-order valence-electron chi connectivity index (χ1n) is 5.28. The Morgan fingerprint density at radius 1 is 1.37 bits per heavy atom. The van der Waals surface area contributed by atoms with Gasteiger partial charge in [-0.1, -0.05) is 17.7 Å². The average molecular weight is 281 g/mol. The Kier molecular flexibility index (Phi) is 3.82. The normalized spacial score (nSPS) is 10.2. The number of hydrogen-bond donors (Lipinski definition) is 2. The van der Waals surface area contributed by atoms with E-state index in [2.05, 4.69) is 10.3 Å². The molecule has 0 aliphatic carbocycles. The molecule has 0 aliphatic rings. The number of carboxylic acid groups (broad SMARTS) is 1. The maximum absolute atomic E-state index is 11.7. The number of amides is 1. The number of pyridine rings is 1. The third-order valence-electron chi connectivity index (χ3n) is 2.28. The van der Waals surface area contributed by atoms with Crippen LogP contribution in [-0.2, 0) is 11.2 Å². The fourth-order valence-corrected chi connectivity index (χ4v) is 1.64. The van der Waals surface area contributed by atoms with Gasteiger partial charge in [-0.3, -0.25) is 4.79 Å². The number of anilines is 1. The predicted molar refractivity (Wildman–Crippen MR) is 67.2 cm³/mol. The van der Waals surface area contributed by atoms with Crippen molar-refractivity contribution >= 4 is 29.3 Å². The summed E-state index contributed by atoms with van der Waals surface area (Å²) in [4.78, 5) is 26.5. The molecule has 2 aromatic rings. The summed E-state index contributed by atoms with van der Waals surface area (Å²) in [6.07, 6.45) is 1.03. The fraction of sp³-hybridized carbons (Fsp3) is 0.0833. The first-order valence-corrected chi connectivity index (χ1v) is 5.66. The Morgan fingerprint density at radius 3 is 2.84 bits per heavy atom. The van der Waals surface area contributed by atoms with Gasteiger partial charge in [-0.2, -0.15) is 0 Å². The van der Waals surface area contributed by atoms with E-state index in [1.54, 1.807) is 18.2 Å². The Morgan fingerprint density at radius 2 is 2.16 bits per heavy atom. The van der Waals surface area contributed by atoms with Gasteiger partial charge in [-0.15, -0.1) is 0 Å². The third kappa shape index (κ3) is 3.32. The maximum Gasteiger partial charge on any atom is 0.339 e. The second kappa shape index (κ2) is 5.53. The smallest absolute Gasteiger partial charge is 0.339 e. The number of carbonyl (C=O) groups is 2. The van der Waals surface area contributed by atoms with Crippen LogP contribution in [0, 0.1) is 0 Å². The van der Waals surface area contributed by atoms with Crippen molar-refractivity contribution in [1.29, 1.82) is 0 Å². The molecular weight excluding hydrogens is 272 g/mol. The Labute approximate surface area is 113 Å². The number of aromatic carboxylic acids is 1. The number of nitrogens with zero attached hydrogens (tertiary/aromatic N) is 1. The maximum atomic E-state index is 11.7. The Balaban J connectivity index is 2.05. The molecule has 0 saturated heterocycles. The predicted octanol–water partition coefficient (Wildman–Crippen LogP) is 2.21. The summed E-state index contributed by atoms with van der Waals surface area (Å²) < 4.78 is 4.97. The first kappa shape index (κ1) is 13.1. The molecule has 0 radical (unpaired) electrons. The van der Waals surface area contributed by atoms with Crippen LogP contribution in [0.1, 0.15) is 16.1 Å². The van der Waals surface area contributed by atoms with Crippen LogP contribution in [0.25, 0.3) is 0 Å². The van der Waals surface area contributed by atoms with Crippen LogP contribution in [0.15, 0.2) is 34.9 Å². The molecule has 2 heterocycles. The van der Waals surface area contributed by atoms with Gasteiger partial charge in [0, 0.05) is 0 Å². The van der Waals surface area contributed by atoms with E-state index in [0.29, 0.717) is 5.82 Å². The summed E-state index contributed by atoms with van der Waals surface area (Å²) in [5.41, 5.74) is -0.0331. The van der Waals surface area contributed by atoms with Gasteiger partial charge in [0.2, 0.25) is 5.91 Å². The van der Waals surface area contributed by atoms with E-state index in [1.807, 2.05) is 0 Å². The molecule has 0 atom stereocenters. The molecule has 0 fully saturated rings. The number of hydrogen-bond acceptors (Lipinski definition) is 4. The van der Waals surface area contributed by atoms with Crippen LogP contribution in [-0.4, -0.2) is 22.0 Å². The summed E-state index contributed by atoms with van der Waals surface area (Å²) in [5.74, 6) is -1.20. The topological polar surface area (TPSA) is 92.4 Å². The highest BCUT2D eigenvalue weighted by Crippen LogP contribution is 2.13. The van der Waals surface area contributed by atoms with Gasteiger partial charge < -0.3 is 14.8 Å². The van der Waals surface area contributed by atoms with E-state index in [4.69, 9.17) is 21.1 Å². The van der Waals surface area contributed by atoms with Crippen molar-refractivity contribution in [1.82, 2.24) is 4.98 Å². The zero-order valence-corrected chi connectivity index (χ0v) is 10.3. The second-order valence-electron chi connectivity index (χ2n) is 3.63. The molecule has 0 saturated carbocycles. The summed E-state index contributed by atoms with van der Waals surface area (Å²) in [6.45, 7) is 0. The van der Waals surface area contributed by atoms with E-state index in [0.717, 1.165) is 0 Å². The van der Waals surface area contributed by atoms with Crippen LogP contribution in [0.4, 0.5) is 5.82 Å². The van der Waals surface area contributed by atoms with Gasteiger partial charge in [0.15, 0.2) is 0 Å². The Hall–Kier alpha value is -2.34. The van der Waals surface area contributed by atoms with Crippen LogP contribution in [0.5, 0.6) is 0 Å². The van der Waals surface area contributed by atoms with Crippen molar-refractivity contribution in [2.24, 2.45) is 0 Å². The molecule has 2 aromatic heterocycles. The minimum atomic E-state index is -1.14. The van der Waals surface area contributed by atoms with Gasteiger partial charge in [0.05, 0.1) is 12.7 Å². The number of furan rings is 1. The monoisotopic (exact) mass is 280 g/mol. The highest BCUT2D eigenvalue weighted by Gasteiger charge is 2.16. The van der Waals surface area contributed by atoms with Crippen molar-refractivity contribution in [2.45, 2.75) is 6.42 Å². The van der Waals surface area contributed by atoms with Crippen LogP contribution in [0.3, 0.4) is 0 Å². The number of rotatable bonds is 4. The summed E-state index contributed by atoms with van der Waals surface area (Å²) in [7, 11) is 0. The zero-order valence-electron chi connectivity index (χ0n) is 9.59. The Bertz CT molecular complexity index is 624. The molecule has 0 unspecified atom stereocenters. The van der Waals surface area contributed by atoms with Crippen molar-refractivity contribution in [3.05, 3.63) is 47.0 Å². The highest BCUT2D eigenvalue weighted by molar-refractivity contribution is 6.29. The van der Waals surface area contributed by atoms with Crippen LogP contribution >= 0.6 is 11.6 Å². The largest absolute Gasteiger partial charge is 0.478 e. The minimum absolute atomic E-state index is 0.0331. The van der Waals surface area contributed by atoms with E-state index in [-0.39, 0.29) is 22.9 Å². The number of carboxylic acids is 1. The minimum Gasteiger partial charge on any atom is -0.478 e. The molecule has 6 nitrogen and oxygen atoms in total. The zero-order chi connectivity index (χ0) is 13.8. The molecule has 0 spiro atoms. The van der Waals surface area contributed by atoms with Crippen molar-refractivity contribution < 1.29 is 19.1 Å². The van der Waals surface area contributed by atoms with Gasteiger partial charge >= 0.3 is 5.97 Å². The number of nitrogens with one attached hydrogen (secondary N) is 1. The molecule has 1 amide bonds. The highest BCUT2D eigenvalue weighted by atomic mass is 35.5. The van der Waals surface area contributed by atoms with E-state index in [9.17, 15) is 9.59 Å². The van der Waals surface area contributed by atoms with Crippen LogP contribution in [0.2, 0.25) is 5.15 Å². The van der Waals surface area contributed by atoms with Crippen molar-refractivity contribution in [2.75, 3.05) is 5.32 Å². The summed E-state index contributed by atoms with van der Waals surface area (Å²) >= 11 is 5.68. The van der Waals surface area contributed by atoms with Gasteiger partial charge in [-0.25, -0.2) is 9.78 Å². The summed E-state index contributed by atoms with van der Waals surface area (Å²) in [6, 6.07) is 6.08. The lowest BCUT2D eigenvalue weighted by atomic mass is 10.2. The second-order valence-corrected chi connectivity index (χ2v) is 4.02. The van der Waals surface area contributed by atoms with E-state index in [1.165, 1.54) is 12.3 Å². The van der Waals surface area contributed by atoms with E-state index >= 15 is 0 Å². The quantitative estimate of drug-likeness (QED) is 0.838. The van der Waals surface area contributed by atoms with Crippen LogP contribution < -0.4 is 5.32 Å². The molecule has 2 rings (SSSR count). The molecular formula is C12H9ClN2O4. The summed E-state index contributed by atoms with van der Waals surface area (Å²) in [5, 5.41) is 11.6. The van der Waals surface area contributed by atoms with Gasteiger partial charge in [-0.05, 0) is 18.2 Å². The lowest BCUT2D eigenvalue weighted by Crippen LogP contribution is -2.16.